The van der Waals surface area contributed by atoms with Gasteiger partial charge in [-0.15, -0.1) is 0 Å². The molecule has 1 fully saturated rings. The van der Waals surface area contributed by atoms with Gasteiger partial charge in [-0.1, -0.05) is 440 Å². The molecule has 1 aliphatic heterocycles. The molecule has 18 aromatic carbocycles. The van der Waals surface area contributed by atoms with Crippen LogP contribution in [0.1, 0.15) is 122 Å². The Kier molecular flexibility index (Phi) is 22.7. The summed E-state index contributed by atoms with van der Waals surface area (Å²) in [7, 11) is -0.511. The number of fused-ring (bicyclic) bond motifs is 18. The lowest BCUT2D eigenvalue weighted by Gasteiger charge is -2.46. The zero-order valence-corrected chi connectivity index (χ0v) is 79.8. The summed E-state index contributed by atoms with van der Waals surface area (Å²) in [6.07, 6.45) is 0. The Morgan fingerprint density at radius 1 is 0.201 bits per heavy atom. The summed E-state index contributed by atoms with van der Waals surface area (Å²) in [5, 5.41) is 0.452. The van der Waals surface area contributed by atoms with E-state index in [0.717, 1.165) is 50.4 Å². The fourth-order valence-electron chi connectivity index (χ4n) is 22.4. The fourth-order valence-corrected chi connectivity index (χ4v) is 22.6. The van der Waals surface area contributed by atoms with Crippen LogP contribution in [0.4, 0.5) is 0 Å². The second-order valence-electron chi connectivity index (χ2n) is 38.9. The minimum Gasteiger partial charge on any atom is -0.399 e. The Morgan fingerprint density at radius 2 is 0.475 bits per heavy atom. The van der Waals surface area contributed by atoms with Crippen molar-refractivity contribution in [3.63, 3.8) is 0 Å². The maximum Gasteiger partial charge on any atom is 0.495 e. The van der Waals surface area contributed by atoms with Crippen molar-refractivity contribution >= 4 is 32.6 Å². The van der Waals surface area contributed by atoms with E-state index in [-0.39, 0.29) is 19.2 Å². The van der Waals surface area contributed by atoms with E-state index < -0.39 is 29.2 Å². The molecule has 0 N–H and O–H groups in total. The molecule has 2 aromatic heterocycles. The summed E-state index contributed by atoms with van der Waals surface area (Å²) < 4.78 is 13.7. The largest absolute Gasteiger partial charge is 0.495 e. The molecule has 0 atom stereocenters. The van der Waals surface area contributed by atoms with Gasteiger partial charge in [-0.25, -0.2) is 19.9 Å². The summed E-state index contributed by atoms with van der Waals surface area (Å²) in [6.45, 7) is 18.1. The molecule has 665 valence electrons. The summed E-state index contributed by atoms with van der Waals surface area (Å²) in [5.74, 6) is 1.35. The monoisotopic (exact) mass is 1810 g/mol. The summed E-state index contributed by atoms with van der Waals surface area (Å²) in [4.78, 5) is 19.5. The van der Waals surface area contributed by atoms with E-state index in [4.69, 9.17) is 30.9 Å². The number of halogens is 1. The molecule has 20 aromatic rings. The molecule has 0 saturated carbocycles. The van der Waals surface area contributed by atoms with E-state index in [1.165, 1.54) is 156 Å². The van der Waals surface area contributed by atoms with Gasteiger partial charge in [0.1, 0.15) is 5.15 Å². The highest BCUT2D eigenvalue weighted by Gasteiger charge is 2.58. The van der Waals surface area contributed by atoms with Gasteiger partial charge in [0.2, 0.25) is 0 Å². The van der Waals surface area contributed by atoms with Crippen molar-refractivity contribution in [2.45, 2.75) is 88.3 Å². The lowest BCUT2D eigenvalue weighted by Crippen LogP contribution is -2.41. The molecule has 0 amide bonds. The van der Waals surface area contributed by atoms with E-state index >= 15 is 0 Å². The van der Waals surface area contributed by atoms with Crippen LogP contribution in [0, 0.1) is 0 Å². The van der Waals surface area contributed by atoms with Crippen molar-refractivity contribution in [3.8, 4) is 146 Å². The van der Waals surface area contributed by atoms with Crippen LogP contribution in [0.5, 0.6) is 0 Å². The van der Waals surface area contributed by atoms with Crippen molar-refractivity contribution in [1.82, 2.24) is 19.9 Å². The fraction of sp³-hybridized carbons (Fsp3) is 0.108. The third-order valence-corrected chi connectivity index (χ3v) is 29.9. The minimum absolute atomic E-state index is 0. The highest BCUT2D eigenvalue weighted by atomic mass is 35.5. The lowest BCUT2D eigenvalue weighted by molar-refractivity contribution is 0.00578. The Balaban J connectivity index is 0.000000135. The SMILES string of the molecule is CC1(C)c2ccccc2C2(c3ccc(-c4cc(-c5ccccc5)cc(-c5ccccc5)c4)cc3-c3c(-c4cc(-c5ccccc5)nc(-c5ccccc5)n4)cccc32)c2ccccc21.CC1(C)c2ccccc2C2(c3ccc(-c4cc(-c5ccccc5)cc(-c5ccccc5)c4)cc3-c3c(B4OC(C)(C)C(C)(C)O4)cccc32)c2ccccc21.Clc1cc(-c2ccccc2)nc(-c2ccccc2)n1.[B]. The maximum absolute atomic E-state index is 6.86. The van der Waals surface area contributed by atoms with E-state index in [0.29, 0.717) is 16.8 Å². The predicted molar refractivity (Wildman–Crippen MR) is 576 cm³/mol. The first kappa shape index (κ1) is 88.7. The van der Waals surface area contributed by atoms with E-state index in [2.05, 4.69) is 454 Å². The molecular formula is C130H100B2ClN4O2. The van der Waals surface area contributed by atoms with E-state index in [9.17, 15) is 0 Å². The smallest absolute Gasteiger partial charge is 0.399 e. The van der Waals surface area contributed by atoms with Crippen molar-refractivity contribution in [2.75, 3.05) is 0 Å². The van der Waals surface area contributed by atoms with Gasteiger partial charge in [-0.3, -0.25) is 0 Å². The van der Waals surface area contributed by atoms with Crippen molar-refractivity contribution < 1.29 is 9.31 Å². The van der Waals surface area contributed by atoms with Crippen LogP contribution in [0.15, 0.2) is 461 Å². The van der Waals surface area contributed by atoms with Crippen molar-refractivity contribution in [2.24, 2.45) is 0 Å². The highest BCUT2D eigenvalue weighted by Crippen LogP contribution is 2.66. The maximum atomic E-state index is 6.86. The number of aromatic nitrogens is 4. The van der Waals surface area contributed by atoms with Crippen LogP contribution < -0.4 is 5.46 Å². The Bertz CT molecular complexity index is 7730. The predicted octanol–water partition coefficient (Wildman–Crippen LogP) is 31.6. The molecule has 2 spiro atoms. The molecule has 3 heterocycles. The topological polar surface area (TPSA) is 70.0 Å². The van der Waals surface area contributed by atoms with Crippen molar-refractivity contribution in [1.29, 1.82) is 0 Å². The summed E-state index contributed by atoms with van der Waals surface area (Å²) >= 11 is 6.10. The van der Waals surface area contributed by atoms with Gasteiger partial charge >= 0.3 is 7.12 Å². The molecule has 5 aliphatic rings. The zero-order chi connectivity index (χ0) is 93.7. The first-order chi connectivity index (χ1) is 67.3. The van der Waals surface area contributed by atoms with Gasteiger partial charge in [-0.2, -0.15) is 0 Å². The number of hydrogen-bond acceptors (Lipinski definition) is 6. The standard InChI is InChI=1S/C62H44N2.C52H45BO2.C16H11ClN2.B/c1-61(2)52-29-15-17-31-54(52)62(55-32-18-16-30-53(55)61)51-35-34-45(48-37-46(41-20-7-3-8-21-41)36-47(38-48)42-22-9-4-10-23-42)39-50(51)59-49(28-19-33-56(59)62)58-40-57(43-24-11-5-12-25-43)63-60(64-58)44-26-13-6-14-27-44;1-49(2)42-22-13-15-24-44(42)52(45-25-16-14-23-43(45)49)41-29-28-36(33-40(41)48-46(52)26-17-27-47(48)53-54-50(3,4)51(5,6)55-53)39-31-37(34-18-9-7-10-19-34)30-38(32-39)35-20-11-8-12-21-35;17-15-11-14(12-7-3-1-4-8-12)18-16(19-15)13-9-5-2-6-10-13;/h3-40H,1-2H3;7-33H,1-6H3;1-11H;. The molecule has 25 rings (SSSR count). The van der Waals surface area contributed by atoms with E-state index in [1.807, 2.05) is 66.7 Å². The van der Waals surface area contributed by atoms with Crippen LogP contribution in [0.25, 0.3) is 146 Å². The second-order valence-corrected chi connectivity index (χ2v) is 39.3. The second kappa shape index (κ2) is 35.5. The van der Waals surface area contributed by atoms with Gasteiger partial charge < -0.3 is 9.31 Å². The van der Waals surface area contributed by atoms with Crippen LogP contribution in [-0.2, 0) is 31.0 Å². The first-order valence-corrected chi connectivity index (χ1v) is 48.2. The van der Waals surface area contributed by atoms with Gasteiger partial charge in [0.05, 0.1) is 39.1 Å². The molecule has 9 heteroatoms. The lowest BCUT2D eigenvalue weighted by atomic mass is 9.55. The Morgan fingerprint density at radius 3 is 0.835 bits per heavy atom. The van der Waals surface area contributed by atoms with Crippen LogP contribution in [-0.4, -0.2) is 46.7 Å². The molecule has 0 bridgehead atoms. The van der Waals surface area contributed by atoms with E-state index in [1.54, 1.807) is 6.07 Å². The third-order valence-electron chi connectivity index (χ3n) is 29.7. The number of rotatable bonds is 12. The summed E-state index contributed by atoms with van der Waals surface area (Å²) in [6, 6.07) is 166. The van der Waals surface area contributed by atoms with Crippen molar-refractivity contribution in [3.05, 3.63) is 533 Å². The molecule has 3 radical (unpaired) electrons. The zero-order valence-electron chi connectivity index (χ0n) is 79.0. The number of nitrogens with zero attached hydrogens (tertiary/aromatic N) is 4. The van der Waals surface area contributed by atoms with Gasteiger partial charge in [-0.05, 0) is 244 Å². The highest BCUT2D eigenvalue weighted by molar-refractivity contribution is 6.64. The molecule has 4 aliphatic carbocycles. The first-order valence-electron chi connectivity index (χ1n) is 47.8. The average Bonchev–Trinajstić information content (AvgIpc) is 1.52. The molecular weight excluding hydrogens is 1710 g/mol. The molecule has 139 heavy (non-hydrogen) atoms. The number of benzene rings is 18. The molecule has 6 nitrogen and oxygen atoms in total. The molecule has 0 unspecified atom stereocenters. The number of hydrogen-bond donors (Lipinski definition) is 0. The quantitative estimate of drug-likeness (QED) is 0.0897. The third kappa shape index (κ3) is 15.2. The van der Waals surface area contributed by atoms with Gasteiger partial charge in [0, 0.05) is 53.1 Å². The molecule has 1 saturated heterocycles. The van der Waals surface area contributed by atoms with Gasteiger partial charge in [0.25, 0.3) is 0 Å². The average molecular weight is 1810 g/mol. The minimum atomic E-state index is -0.569. The Labute approximate surface area is 822 Å². The summed E-state index contributed by atoms with van der Waals surface area (Å²) in [5.41, 5.74) is 41.5. The normalized spacial score (nSPS) is 14.7. The van der Waals surface area contributed by atoms with Crippen LogP contribution in [0.2, 0.25) is 5.15 Å². The van der Waals surface area contributed by atoms with Gasteiger partial charge in [0.15, 0.2) is 11.6 Å². The van der Waals surface area contributed by atoms with Crippen LogP contribution >= 0.6 is 11.6 Å². The Hall–Kier alpha value is -15.5. The van der Waals surface area contributed by atoms with Crippen LogP contribution in [0.3, 0.4) is 0 Å².